The minimum atomic E-state index is -0.577. The molecule has 0 N–H and O–H groups in total. The molecule has 5 nitrogen and oxygen atoms in total. The Labute approximate surface area is 340 Å². The van der Waals surface area contributed by atoms with Gasteiger partial charge in [-0.25, -0.2) is 9.59 Å². The molecule has 58 heavy (non-hydrogen) atoms. The number of hydrogen-bond donors (Lipinski definition) is 0. The van der Waals surface area contributed by atoms with Crippen molar-refractivity contribution in [3.05, 3.63) is 223 Å². The number of ether oxygens (including phenoxy) is 2. The Morgan fingerprint density at radius 2 is 0.879 bits per heavy atom. The van der Waals surface area contributed by atoms with Gasteiger partial charge in [0.1, 0.15) is 0 Å². The van der Waals surface area contributed by atoms with E-state index >= 15 is 0 Å². The molecule has 7 aromatic carbocycles. The molecule has 7 rings (SSSR count). The van der Waals surface area contributed by atoms with E-state index in [2.05, 4.69) is 84.3 Å². The number of allylic oxidation sites excluding steroid dienone is 2. The SMILES string of the molecule is C=C(C(=O)OC)/C(=C\C(=C(/C)C(=O)OC)c1ccc(N(c2ccc(-c3ccccc3)cc2)c2ccc(-c3ccccc3)cc2)cc1)c1ccccc1-c1ccccc1. The molecule has 0 amide bonds. The van der Waals surface area contributed by atoms with E-state index in [4.69, 9.17) is 9.47 Å². The average molecular weight is 758 g/mol. The third kappa shape index (κ3) is 8.49. The first-order chi connectivity index (χ1) is 28.4. The van der Waals surface area contributed by atoms with Crippen molar-refractivity contribution in [3.63, 3.8) is 0 Å². The van der Waals surface area contributed by atoms with Gasteiger partial charge >= 0.3 is 11.9 Å². The van der Waals surface area contributed by atoms with E-state index in [1.807, 2.05) is 121 Å². The van der Waals surface area contributed by atoms with E-state index in [1.54, 1.807) is 6.92 Å². The smallest absolute Gasteiger partial charge is 0.337 e. The molecule has 0 unspecified atom stereocenters. The van der Waals surface area contributed by atoms with Gasteiger partial charge in [0, 0.05) is 22.6 Å². The van der Waals surface area contributed by atoms with Crippen molar-refractivity contribution in [2.24, 2.45) is 0 Å². The Hall–Kier alpha value is -7.50. The van der Waals surface area contributed by atoms with Crippen molar-refractivity contribution >= 4 is 40.1 Å². The van der Waals surface area contributed by atoms with Crippen LogP contribution >= 0.6 is 0 Å². The van der Waals surface area contributed by atoms with Crippen molar-refractivity contribution in [1.82, 2.24) is 0 Å². The van der Waals surface area contributed by atoms with Gasteiger partial charge in [0.2, 0.25) is 0 Å². The minimum absolute atomic E-state index is 0.154. The van der Waals surface area contributed by atoms with E-state index in [9.17, 15) is 9.59 Å². The number of carbonyl (C=O) groups is 2. The summed E-state index contributed by atoms with van der Waals surface area (Å²) in [5, 5.41) is 0. The van der Waals surface area contributed by atoms with Gasteiger partial charge in [0.05, 0.1) is 19.8 Å². The number of benzene rings is 7. The molecule has 0 heterocycles. The fourth-order valence-electron chi connectivity index (χ4n) is 7.07. The van der Waals surface area contributed by atoms with Crippen LogP contribution in [0.3, 0.4) is 0 Å². The highest BCUT2D eigenvalue weighted by molar-refractivity contribution is 6.11. The first kappa shape index (κ1) is 38.8. The number of anilines is 3. The summed E-state index contributed by atoms with van der Waals surface area (Å²) in [7, 11) is 2.69. The summed E-state index contributed by atoms with van der Waals surface area (Å²) in [5.41, 5.74) is 12.4. The van der Waals surface area contributed by atoms with E-state index in [1.165, 1.54) is 14.2 Å². The van der Waals surface area contributed by atoms with Gasteiger partial charge < -0.3 is 14.4 Å². The van der Waals surface area contributed by atoms with Crippen molar-refractivity contribution in [2.45, 2.75) is 6.92 Å². The van der Waals surface area contributed by atoms with Crippen LogP contribution in [0.5, 0.6) is 0 Å². The second-order valence-corrected chi connectivity index (χ2v) is 13.7. The molecule has 0 aromatic heterocycles. The molecule has 5 heteroatoms. The lowest BCUT2D eigenvalue weighted by Gasteiger charge is -2.26. The molecule has 0 bridgehead atoms. The first-order valence-corrected chi connectivity index (χ1v) is 19.0. The molecule has 0 atom stereocenters. The van der Waals surface area contributed by atoms with Crippen LogP contribution in [0.2, 0.25) is 0 Å². The molecule has 0 radical (unpaired) electrons. The normalized spacial score (nSPS) is 11.6. The van der Waals surface area contributed by atoms with E-state index < -0.39 is 11.9 Å². The maximum Gasteiger partial charge on any atom is 0.337 e. The molecule has 0 saturated carbocycles. The zero-order valence-electron chi connectivity index (χ0n) is 32.8. The van der Waals surface area contributed by atoms with E-state index in [0.29, 0.717) is 16.7 Å². The molecule has 0 spiro atoms. The van der Waals surface area contributed by atoms with Crippen molar-refractivity contribution in [1.29, 1.82) is 0 Å². The highest BCUT2D eigenvalue weighted by atomic mass is 16.5. The Bertz CT molecular complexity index is 2510. The lowest BCUT2D eigenvalue weighted by molar-refractivity contribution is -0.136. The minimum Gasteiger partial charge on any atom is -0.466 e. The monoisotopic (exact) mass is 757 g/mol. The quantitative estimate of drug-likeness (QED) is 0.0706. The van der Waals surface area contributed by atoms with Crippen LogP contribution in [-0.4, -0.2) is 26.2 Å². The molecular weight excluding hydrogens is 715 g/mol. The Kier molecular flexibility index (Phi) is 12.0. The van der Waals surface area contributed by atoms with Gasteiger partial charge in [0.25, 0.3) is 0 Å². The van der Waals surface area contributed by atoms with Gasteiger partial charge in [-0.3, -0.25) is 0 Å². The largest absolute Gasteiger partial charge is 0.466 e. The van der Waals surface area contributed by atoms with Crippen LogP contribution in [-0.2, 0) is 19.1 Å². The number of nitrogens with zero attached hydrogens (tertiary/aromatic N) is 1. The molecule has 0 aliphatic carbocycles. The lowest BCUT2D eigenvalue weighted by Crippen LogP contribution is -2.10. The fraction of sp³-hybridized carbons (Fsp3) is 0.0566. The Balaban J connectivity index is 1.35. The maximum absolute atomic E-state index is 13.3. The van der Waals surface area contributed by atoms with E-state index in [-0.39, 0.29) is 5.57 Å². The zero-order valence-corrected chi connectivity index (χ0v) is 32.8. The number of carbonyl (C=O) groups excluding carboxylic acids is 2. The van der Waals surface area contributed by atoms with Gasteiger partial charge in [-0.15, -0.1) is 0 Å². The van der Waals surface area contributed by atoms with Crippen LogP contribution in [0, 0.1) is 0 Å². The van der Waals surface area contributed by atoms with Crippen molar-refractivity contribution in [2.75, 3.05) is 19.1 Å². The Morgan fingerprint density at radius 1 is 0.483 bits per heavy atom. The maximum atomic E-state index is 13.3. The number of methoxy groups -OCH3 is 2. The van der Waals surface area contributed by atoms with Crippen LogP contribution in [0.15, 0.2) is 212 Å². The molecule has 7 aromatic rings. The molecule has 0 aliphatic heterocycles. The van der Waals surface area contributed by atoms with Crippen LogP contribution in [0.1, 0.15) is 18.1 Å². The summed E-state index contributed by atoms with van der Waals surface area (Å²) in [6.45, 7) is 5.90. The van der Waals surface area contributed by atoms with Crippen LogP contribution in [0.4, 0.5) is 17.1 Å². The predicted octanol–water partition coefficient (Wildman–Crippen LogP) is 12.9. The molecule has 0 saturated heterocycles. The summed E-state index contributed by atoms with van der Waals surface area (Å²) in [6.07, 6.45) is 1.84. The number of rotatable bonds is 12. The molecule has 0 fully saturated rings. The van der Waals surface area contributed by atoms with Crippen LogP contribution in [0.25, 0.3) is 44.5 Å². The van der Waals surface area contributed by atoms with Gasteiger partial charge in [-0.1, -0.05) is 158 Å². The average Bonchev–Trinajstić information content (AvgIpc) is 3.30. The van der Waals surface area contributed by atoms with E-state index in [0.717, 1.165) is 61.6 Å². The zero-order chi connectivity index (χ0) is 40.4. The highest BCUT2D eigenvalue weighted by Crippen LogP contribution is 2.39. The lowest BCUT2D eigenvalue weighted by atomic mass is 9.87. The summed E-state index contributed by atoms with van der Waals surface area (Å²) >= 11 is 0. The van der Waals surface area contributed by atoms with Crippen molar-refractivity contribution < 1.29 is 19.1 Å². The Morgan fingerprint density at radius 3 is 1.34 bits per heavy atom. The van der Waals surface area contributed by atoms with Gasteiger partial charge in [-0.05, 0) is 105 Å². The van der Waals surface area contributed by atoms with Gasteiger partial charge in [-0.2, -0.15) is 0 Å². The molecule has 284 valence electrons. The van der Waals surface area contributed by atoms with Crippen LogP contribution < -0.4 is 4.90 Å². The summed E-state index contributed by atoms with van der Waals surface area (Å²) in [4.78, 5) is 28.6. The topological polar surface area (TPSA) is 55.8 Å². The van der Waals surface area contributed by atoms with Crippen molar-refractivity contribution in [3.8, 4) is 33.4 Å². The summed E-state index contributed by atoms with van der Waals surface area (Å²) < 4.78 is 10.4. The third-order valence-electron chi connectivity index (χ3n) is 10.1. The standard InChI is InChI=1S/C53H43NO4/c1-37(52(55)57-3)50(36-51(38(2)53(56)58-4)49-23-15-14-22-48(49)43-20-12-7-13-21-43)44-28-34-47(35-29-44)54(45-30-24-41(25-31-45)39-16-8-5-9-17-39)46-32-26-42(27-33-46)40-18-10-6-11-19-40/h5-36H,2H2,1,3-4H3/b50-37-,51-36+. The number of esters is 2. The van der Waals surface area contributed by atoms with Gasteiger partial charge in [0.15, 0.2) is 0 Å². The molecular formula is C53H43NO4. The highest BCUT2D eigenvalue weighted by Gasteiger charge is 2.22. The first-order valence-electron chi connectivity index (χ1n) is 19.0. The second-order valence-electron chi connectivity index (χ2n) is 13.7. The summed E-state index contributed by atoms with van der Waals surface area (Å²) in [5.74, 6) is -1.07. The third-order valence-corrected chi connectivity index (χ3v) is 10.1. The summed E-state index contributed by atoms with van der Waals surface area (Å²) in [6, 6.07) is 63.5. The number of hydrogen-bond acceptors (Lipinski definition) is 5. The fourth-order valence-corrected chi connectivity index (χ4v) is 7.07. The molecule has 0 aliphatic rings. The second kappa shape index (κ2) is 18.0. The predicted molar refractivity (Wildman–Crippen MR) is 238 cm³/mol.